The maximum Gasteiger partial charge on any atom is 0.337 e. The van der Waals surface area contributed by atoms with Gasteiger partial charge in [0.2, 0.25) is 0 Å². The molecule has 11 heavy (non-hydrogen) atoms. The number of rotatable bonds is 4. The molecule has 0 saturated carbocycles. The number of hydrogen-bond donors (Lipinski definition) is 1. The Morgan fingerprint density at radius 2 is 2.18 bits per heavy atom. The molecule has 0 radical (unpaired) electrons. The lowest BCUT2D eigenvalue weighted by Crippen LogP contribution is -2.32. The van der Waals surface area contributed by atoms with Gasteiger partial charge in [0.15, 0.2) is 0 Å². The summed E-state index contributed by atoms with van der Waals surface area (Å²) < 4.78 is 0. The Balaban J connectivity index is 3.70. The van der Waals surface area contributed by atoms with Crippen LogP contribution in [0.1, 0.15) is 20.3 Å². The van der Waals surface area contributed by atoms with Gasteiger partial charge in [-0.3, -0.25) is 0 Å². The van der Waals surface area contributed by atoms with E-state index in [2.05, 4.69) is 5.29 Å². The fraction of sp³-hybridized carbons (Fsp3) is 0.833. The van der Waals surface area contributed by atoms with Gasteiger partial charge in [-0.25, -0.2) is 4.79 Å². The Morgan fingerprint density at radius 1 is 1.64 bits per heavy atom. The van der Waals surface area contributed by atoms with Gasteiger partial charge in [-0.15, -0.1) is 4.91 Å². The first-order valence-corrected chi connectivity index (χ1v) is 3.48. The van der Waals surface area contributed by atoms with E-state index < -0.39 is 6.03 Å². The maximum atomic E-state index is 10.4. The molecule has 0 aromatic rings. The van der Waals surface area contributed by atoms with E-state index in [0.717, 1.165) is 11.4 Å². The minimum atomic E-state index is -0.791. The Bertz CT molecular complexity index is 147. The summed E-state index contributed by atoms with van der Waals surface area (Å²) in [5.74, 6) is 0.429. The van der Waals surface area contributed by atoms with Crippen LogP contribution in [0, 0.1) is 10.8 Å². The normalized spacial score (nSPS) is 9.73. The molecular weight excluding hydrogens is 146 g/mol. The molecule has 0 spiro atoms. The Morgan fingerprint density at radius 3 is 2.45 bits per heavy atom. The summed E-state index contributed by atoms with van der Waals surface area (Å²) in [5.41, 5.74) is 4.83. The van der Waals surface area contributed by atoms with Crippen LogP contribution in [0.2, 0.25) is 0 Å². The molecule has 2 N–H and O–H groups in total. The third-order valence-electron chi connectivity index (χ3n) is 1.27. The van der Waals surface area contributed by atoms with E-state index in [1.54, 1.807) is 0 Å². The van der Waals surface area contributed by atoms with Crippen molar-refractivity contribution in [2.75, 3.05) is 6.54 Å². The SMILES string of the molecule is CC(C)CCN(N=O)C(N)=O. The highest BCUT2D eigenvalue weighted by molar-refractivity contribution is 5.71. The third kappa shape index (κ3) is 4.30. The summed E-state index contributed by atoms with van der Waals surface area (Å²) in [6.07, 6.45) is 0.731. The van der Waals surface area contributed by atoms with Gasteiger partial charge >= 0.3 is 6.03 Å². The number of carbonyl (C=O) groups excluding carboxylic acids is 1. The number of amides is 2. The fourth-order valence-electron chi connectivity index (χ4n) is 0.572. The molecule has 5 heteroatoms. The molecule has 0 aromatic heterocycles. The highest BCUT2D eigenvalue weighted by Crippen LogP contribution is 2.01. The van der Waals surface area contributed by atoms with E-state index in [9.17, 15) is 9.70 Å². The molecule has 0 aliphatic rings. The molecule has 0 aliphatic heterocycles. The van der Waals surface area contributed by atoms with Crippen LogP contribution >= 0.6 is 0 Å². The predicted octanol–water partition coefficient (Wildman–Crippen LogP) is 1.09. The van der Waals surface area contributed by atoms with Gasteiger partial charge in [-0.1, -0.05) is 13.8 Å². The van der Waals surface area contributed by atoms with Gasteiger partial charge in [0.25, 0.3) is 0 Å². The maximum absolute atomic E-state index is 10.4. The molecule has 64 valence electrons. The first-order valence-electron chi connectivity index (χ1n) is 3.48. The van der Waals surface area contributed by atoms with Crippen molar-refractivity contribution in [3.8, 4) is 0 Å². The molecule has 2 amide bonds. The molecule has 0 aliphatic carbocycles. The number of urea groups is 1. The molecule has 0 saturated heterocycles. The van der Waals surface area contributed by atoms with E-state index >= 15 is 0 Å². The van der Waals surface area contributed by atoms with Gasteiger partial charge in [0, 0.05) is 6.54 Å². The van der Waals surface area contributed by atoms with E-state index in [4.69, 9.17) is 5.73 Å². The molecule has 0 heterocycles. The highest BCUT2D eigenvalue weighted by Gasteiger charge is 2.09. The van der Waals surface area contributed by atoms with Crippen molar-refractivity contribution in [2.45, 2.75) is 20.3 Å². The number of nitrogens with two attached hydrogens (primary N) is 1. The van der Waals surface area contributed by atoms with Crippen molar-refractivity contribution in [3.63, 3.8) is 0 Å². The first kappa shape index (κ1) is 9.87. The standard InChI is InChI=1S/C6H13N3O2/c1-5(2)3-4-9(8-11)6(7)10/h5H,3-4H2,1-2H3,(H2,7,10). The van der Waals surface area contributed by atoms with Crippen molar-refractivity contribution in [1.82, 2.24) is 5.01 Å². The summed E-state index contributed by atoms with van der Waals surface area (Å²) in [6, 6.07) is -0.791. The minimum Gasteiger partial charge on any atom is -0.350 e. The lowest BCUT2D eigenvalue weighted by molar-refractivity contribution is 0.206. The second-order valence-electron chi connectivity index (χ2n) is 2.73. The largest absolute Gasteiger partial charge is 0.350 e. The third-order valence-corrected chi connectivity index (χ3v) is 1.27. The molecule has 0 bridgehead atoms. The predicted molar refractivity (Wildman–Crippen MR) is 41.5 cm³/mol. The van der Waals surface area contributed by atoms with E-state index in [1.807, 2.05) is 13.8 Å². The topological polar surface area (TPSA) is 75.8 Å². The van der Waals surface area contributed by atoms with Gasteiger partial charge < -0.3 is 5.73 Å². The van der Waals surface area contributed by atoms with Crippen LogP contribution in [0.15, 0.2) is 5.29 Å². The van der Waals surface area contributed by atoms with Crippen molar-refractivity contribution in [2.24, 2.45) is 16.9 Å². The highest BCUT2D eigenvalue weighted by atomic mass is 16.3. The number of nitroso groups, excluding NO2 is 1. The van der Waals surface area contributed by atoms with Crippen molar-refractivity contribution < 1.29 is 4.79 Å². The van der Waals surface area contributed by atoms with Crippen LogP contribution in [-0.4, -0.2) is 17.6 Å². The quantitative estimate of drug-likeness (QED) is 0.492. The average molecular weight is 159 g/mol. The van der Waals surface area contributed by atoms with Gasteiger partial charge in [-0.2, -0.15) is 5.01 Å². The Kier molecular flexibility index (Phi) is 4.17. The minimum absolute atomic E-state index is 0.302. The summed E-state index contributed by atoms with van der Waals surface area (Å²) in [7, 11) is 0. The zero-order chi connectivity index (χ0) is 8.85. The van der Waals surface area contributed by atoms with Crippen LogP contribution < -0.4 is 5.73 Å². The molecule has 0 fully saturated rings. The molecule has 0 atom stereocenters. The molecule has 0 rings (SSSR count). The van der Waals surface area contributed by atoms with E-state index in [-0.39, 0.29) is 0 Å². The average Bonchev–Trinajstić information content (AvgIpc) is 1.87. The smallest absolute Gasteiger partial charge is 0.337 e. The lowest BCUT2D eigenvalue weighted by atomic mass is 10.1. The molecular formula is C6H13N3O2. The Labute approximate surface area is 65.5 Å². The van der Waals surface area contributed by atoms with Crippen LogP contribution in [0.5, 0.6) is 0 Å². The van der Waals surface area contributed by atoms with Crippen LogP contribution in [0.4, 0.5) is 4.79 Å². The van der Waals surface area contributed by atoms with Crippen LogP contribution in [-0.2, 0) is 0 Å². The summed E-state index contributed by atoms with van der Waals surface area (Å²) in [6.45, 7) is 4.28. The summed E-state index contributed by atoms with van der Waals surface area (Å²) in [5, 5.41) is 3.19. The van der Waals surface area contributed by atoms with Gasteiger partial charge in [-0.05, 0) is 12.3 Å². The molecule has 0 unspecified atom stereocenters. The summed E-state index contributed by atoms with van der Waals surface area (Å²) in [4.78, 5) is 20.3. The molecule has 0 aromatic carbocycles. The zero-order valence-electron chi connectivity index (χ0n) is 6.78. The van der Waals surface area contributed by atoms with Gasteiger partial charge in [0.05, 0.1) is 5.29 Å². The zero-order valence-corrected chi connectivity index (χ0v) is 6.78. The van der Waals surface area contributed by atoms with Crippen LogP contribution in [0.3, 0.4) is 0 Å². The van der Waals surface area contributed by atoms with Gasteiger partial charge in [0.1, 0.15) is 0 Å². The van der Waals surface area contributed by atoms with Crippen molar-refractivity contribution >= 4 is 6.03 Å². The van der Waals surface area contributed by atoms with Crippen molar-refractivity contribution in [1.29, 1.82) is 0 Å². The van der Waals surface area contributed by atoms with Crippen LogP contribution in [0.25, 0.3) is 0 Å². The van der Waals surface area contributed by atoms with E-state index in [1.165, 1.54) is 0 Å². The van der Waals surface area contributed by atoms with E-state index in [0.29, 0.717) is 12.5 Å². The lowest BCUT2D eigenvalue weighted by Gasteiger charge is -2.10. The first-order chi connectivity index (χ1) is 5.07. The second kappa shape index (κ2) is 4.65. The second-order valence-corrected chi connectivity index (χ2v) is 2.73. The Hall–Kier alpha value is -1.13. The number of hydrogen-bond acceptors (Lipinski definition) is 3. The van der Waals surface area contributed by atoms with Crippen molar-refractivity contribution in [3.05, 3.63) is 4.91 Å². The number of nitrogens with zero attached hydrogens (tertiary/aromatic N) is 2. The number of carbonyl (C=O) groups is 1. The molecule has 5 nitrogen and oxygen atoms in total. The summed E-state index contributed by atoms with van der Waals surface area (Å²) >= 11 is 0. The number of primary amides is 1. The monoisotopic (exact) mass is 159 g/mol. The fourth-order valence-corrected chi connectivity index (χ4v) is 0.572.